The topological polar surface area (TPSA) is 63.8 Å². The maximum absolute atomic E-state index is 5.53. The first-order valence-corrected chi connectivity index (χ1v) is 3.08. The Labute approximate surface area is 63.4 Å². The monoisotopic (exact) mass is 158 g/mol. The fraction of sp³-hybridized carbons (Fsp3) is 0.200. The van der Waals surface area contributed by atoms with Gasteiger partial charge in [-0.3, -0.25) is 0 Å². The molecule has 10 heavy (non-hydrogen) atoms. The molecule has 0 aliphatic heterocycles. The van der Waals surface area contributed by atoms with E-state index in [2.05, 4.69) is 15.6 Å². The van der Waals surface area contributed by atoms with Crippen molar-refractivity contribution in [3.8, 4) is 0 Å². The fourth-order valence-electron chi connectivity index (χ4n) is 0.595. The highest BCUT2D eigenvalue weighted by atomic mass is 35.5. The molecule has 1 aromatic heterocycles. The van der Waals surface area contributed by atoms with Gasteiger partial charge in [0.1, 0.15) is 0 Å². The van der Waals surface area contributed by atoms with Crippen LogP contribution in [0.3, 0.4) is 0 Å². The Kier molecular flexibility index (Phi) is 2.03. The van der Waals surface area contributed by atoms with Crippen molar-refractivity contribution in [3.63, 3.8) is 0 Å². The van der Waals surface area contributed by atoms with Gasteiger partial charge < -0.3 is 5.43 Å². The van der Waals surface area contributed by atoms with Gasteiger partial charge in [0, 0.05) is 0 Å². The third-order valence-electron chi connectivity index (χ3n) is 1.09. The minimum Gasteiger partial charge on any atom is -0.307 e. The molecule has 3 N–H and O–H groups in total. The number of hydrogen-bond donors (Lipinski definition) is 2. The maximum Gasteiger partial charge on any atom is 0.165 e. The zero-order chi connectivity index (χ0) is 7.56. The van der Waals surface area contributed by atoms with E-state index in [0.717, 1.165) is 5.56 Å². The van der Waals surface area contributed by atoms with Crippen LogP contribution in [0.5, 0.6) is 0 Å². The van der Waals surface area contributed by atoms with E-state index in [1.54, 1.807) is 6.07 Å². The van der Waals surface area contributed by atoms with Gasteiger partial charge in [-0.05, 0) is 18.6 Å². The van der Waals surface area contributed by atoms with Gasteiger partial charge in [-0.15, -0.1) is 10.2 Å². The van der Waals surface area contributed by atoms with Gasteiger partial charge in [-0.2, -0.15) is 0 Å². The highest BCUT2D eigenvalue weighted by Crippen LogP contribution is 2.11. The lowest BCUT2D eigenvalue weighted by Gasteiger charge is -2.00. The molecule has 0 aromatic carbocycles. The zero-order valence-electron chi connectivity index (χ0n) is 5.43. The number of aromatic nitrogens is 2. The van der Waals surface area contributed by atoms with Crippen molar-refractivity contribution in [1.29, 1.82) is 0 Å². The van der Waals surface area contributed by atoms with Crippen molar-refractivity contribution in [3.05, 3.63) is 16.8 Å². The first-order chi connectivity index (χ1) is 4.74. The molecule has 0 spiro atoms. The first-order valence-electron chi connectivity index (χ1n) is 2.70. The molecule has 1 aromatic rings. The van der Waals surface area contributed by atoms with Crippen LogP contribution in [0.1, 0.15) is 5.56 Å². The minimum atomic E-state index is 0.372. The van der Waals surface area contributed by atoms with Gasteiger partial charge in [0.15, 0.2) is 11.0 Å². The first kappa shape index (κ1) is 7.24. The van der Waals surface area contributed by atoms with Crippen LogP contribution in [0, 0.1) is 6.92 Å². The standard InChI is InChI=1S/C5H7ClN4/c1-3-2-4(6)9-10-5(3)8-7/h2H,7H2,1H3,(H,8,10). The predicted molar refractivity (Wildman–Crippen MR) is 39.6 cm³/mol. The van der Waals surface area contributed by atoms with Crippen LogP contribution in [0.4, 0.5) is 5.82 Å². The number of aryl methyl sites for hydroxylation is 1. The number of halogens is 1. The number of nitrogens with zero attached hydrogens (tertiary/aromatic N) is 2. The summed E-state index contributed by atoms with van der Waals surface area (Å²) in [5.74, 6) is 5.65. The average Bonchev–Trinajstić information content (AvgIpc) is 1.88. The van der Waals surface area contributed by atoms with E-state index >= 15 is 0 Å². The van der Waals surface area contributed by atoms with Crippen LogP contribution in [0.15, 0.2) is 6.07 Å². The third-order valence-corrected chi connectivity index (χ3v) is 1.28. The molecule has 0 saturated carbocycles. The lowest BCUT2D eigenvalue weighted by molar-refractivity contribution is 1.01. The Bertz CT molecular complexity index is 237. The Morgan fingerprint density at radius 2 is 2.30 bits per heavy atom. The lowest BCUT2D eigenvalue weighted by atomic mass is 10.3. The summed E-state index contributed by atoms with van der Waals surface area (Å²) in [6, 6.07) is 1.68. The molecule has 1 heterocycles. The van der Waals surface area contributed by atoms with Gasteiger partial charge in [-0.1, -0.05) is 11.6 Å². The van der Waals surface area contributed by atoms with Crippen LogP contribution in [0.25, 0.3) is 0 Å². The smallest absolute Gasteiger partial charge is 0.165 e. The summed E-state index contributed by atoms with van der Waals surface area (Å²) >= 11 is 5.53. The van der Waals surface area contributed by atoms with Crippen molar-refractivity contribution in [2.75, 3.05) is 5.43 Å². The molecule has 0 saturated heterocycles. The summed E-state index contributed by atoms with van der Waals surface area (Å²) in [5.41, 5.74) is 3.27. The fourth-order valence-corrected chi connectivity index (χ4v) is 0.797. The molecule has 0 bridgehead atoms. The zero-order valence-corrected chi connectivity index (χ0v) is 6.18. The average molecular weight is 159 g/mol. The number of hydrogen-bond acceptors (Lipinski definition) is 4. The van der Waals surface area contributed by atoms with Crippen molar-refractivity contribution in [1.82, 2.24) is 10.2 Å². The van der Waals surface area contributed by atoms with Gasteiger partial charge in [-0.25, -0.2) is 5.84 Å². The molecule has 4 nitrogen and oxygen atoms in total. The summed E-state index contributed by atoms with van der Waals surface area (Å²) in [7, 11) is 0. The summed E-state index contributed by atoms with van der Waals surface area (Å²) in [6.07, 6.45) is 0. The van der Waals surface area contributed by atoms with Gasteiger partial charge >= 0.3 is 0 Å². The van der Waals surface area contributed by atoms with Crippen LogP contribution in [0.2, 0.25) is 5.15 Å². The summed E-state index contributed by atoms with van der Waals surface area (Å²) < 4.78 is 0. The molecule has 54 valence electrons. The van der Waals surface area contributed by atoms with E-state index in [-0.39, 0.29) is 0 Å². The molecular formula is C5H7ClN4. The predicted octanol–water partition coefficient (Wildman–Crippen LogP) is 0.724. The quantitative estimate of drug-likeness (QED) is 0.467. The van der Waals surface area contributed by atoms with Gasteiger partial charge in [0.05, 0.1) is 0 Å². The third kappa shape index (κ3) is 1.34. The van der Waals surface area contributed by atoms with Crippen LogP contribution >= 0.6 is 11.6 Å². The molecule has 0 amide bonds. The van der Waals surface area contributed by atoms with Crippen molar-refractivity contribution in [2.45, 2.75) is 6.92 Å². The molecule has 1 rings (SSSR count). The minimum absolute atomic E-state index is 0.372. The highest BCUT2D eigenvalue weighted by molar-refractivity contribution is 6.29. The second-order valence-electron chi connectivity index (χ2n) is 1.84. The number of nitrogens with two attached hydrogens (primary N) is 1. The Balaban J connectivity index is 3.07. The molecule has 0 aliphatic rings. The molecule has 0 atom stereocenters. The van der Waals surface area contributed by atoms with E-state index in [0.29, 0.717) is 11.0 Å². The van der Waals surface area contributed by atoms with E-state index in [4.69, 9.17) is 17.4 Å². The van der Waals surface area contributed by atoms with Crippen LogP contribution < -0.4 is 11.3 Å². The van der Waals surface area contributed by atoms with Crippen LogP contribution in [-0.2, 0) is 0 Å². The van der Waals surface area contributed by atoms with Crippen LogP contribution in [-0.4, -0.2) is 10.2 Å². The van der Waals surface area contributed by atoms with Crippen molar-refractivity contribution < 1.29 is 0 Å². The SMILES string of the molecule is Cc1cc(Cl)nnc1NN. The summed E-state index contributed by atoms with van der Waals surface area (Å²) in [5, 5.41) is 7.63. The molecular weight excluding hydrogens is 152 g/mol. The summed E-state index contributed by atoms with van der Waals surface area (Å²) in [4.78, 5) is 0. The Morgan fingerprint density at radius 1 is 1.60 bits per heavy atom. The Hall–Kier alpha value is -0.870. The second-order valence-corrected chi connectivity index (χ2v) is 2.23. The van der Waals surface area contributed by atoms with E-state index in [9.17, 15) is 0 Å². The van der Waals surface area contributed by atoms with E-state index in [1.165, 1.54) is 0 Å². The molecule has 0 radical (unpaired) electrons. The maximum atomic E-state index is 5.53. The number of hydrazine groups is 1. The van der Waals surface area contributed by atoms with Crippen molar-refractivity contribution in [2.24, 2.45) is 5.84 Å². The largest absolute Gasteiger partial charge is 0.307 e. The number of nitrogen functional groups attached to an aromatic ring is 1. The highest BCUT2D eigenvalue weighted by Gasteiger charge is 1.97. The van der Waals surface area contributed by atoms with E-state index < -0.39 is 0 Å². The number of rotatable bonds is 1. The van der Waals surface area contributed by atoms with E-state index in [1.807, 2.05) is 6.92 Å². The number of nitrogens with one attached hydrogen (secondary N) is 1. The molecule has 0 aliphatic carbocycles. The normalized spacial score (nSPS) is 9.50. The second kappa shape index (κ2) is 2.81. The number of anilines is 1. The molecule has 5 heteroatoms. The van der Waals surface area contributed by atoms with Gasteiger partial charge in [0.25, 0.3) is 0 Å². The molecule has 0 unspecified atom stereocenters. The Morgan fingerprint density at radius 3 is 2.80 bits per heavy atom. The van der Waals surface area contributed by atoms with Crippen molar-refractivity contribution >= 4 is 17.4 Å². The van der Waals surface area contributed by atoms with Gasteiger partial charge in [0.2, 0.25) is 0 Å². The summed E-state index contributed by atoms with van der Waals surface area (Å²) in [6.45, 7) is 1.84. The molecule has 0 fully saturated rings. The lowest BCUT2D eigenvalue weighted by Crippen LogP contribution is -2.10.